The summed E-state index contributed by atoms with van der Waals surface area (Å²) < 4.78 is 17.9. The molecule has 0 atom stereocenters. The Balaban J connectivity index is 2.36. The monoisotopic (exact) mass is 279 g/mol. The highest BCUT2D eigenvalue weighted by atomic mass is 19.1. The minimum atomic E-state index is -0.706. The minimum Gasteiger partial charge on any atom is -0.444 e. The maximum absolute atomic E-state index is 12.8. The van der Waals surface area contributed by atoms with Crippen molar-refractivity contribution in [1.82, 2.24) is 10.3 Å². The zero-order valence-electron chi connectivity index (χ0n) is 11.8. The molecular formula is C14H18FN3O2. The van der Waals surface area contributed by atoms with Gasteiger partial charge in [-0.15, -0.1) is 0 Å². The number of hydrogen-bond donors (Lipinski definition) is 2. The third-order valence-corrected chi connectivity index (χ3v) is 2.02. The maximum atomic E-state index is 12.8. The summed E-state index contributed by atoms with van der Waals surface area (Å²) in [6, 6.07) is 1.41. The first-order chi connectivity index (χ1) is 9.28. The Morgan fingerprint density at radius 3 is 2.85 bits per heavy atom. The second-order valence-electron chi connectivity index (χ2n) is 5.08. The van der Waals surface area contributed by atoms with E-state index in [2.05, 4.69) is 22.1 Å². The van der Waals surface area contributed by atoms with Gasteiger partial charge in [0.15, 0.2) is 0 Å². The van der Waals surface area contributed by atoms with Crippen molar-refractivity contribution in [3.63, 3.8) is 0 Å². The molecule has 3 N–H and O–H groups in total. The third kappa shape index (κ3) is 6.05. The van der Waals surface area contributed by atoms with E-state index in [0.29, 0.717) is 18.5 Å². The van der Waals surface area contributed by atoms with Crippen molar-refractivity contribution in [1.29, 1.82) is 0 Å². The zero-order valence-corrected chi connectivity index (χ0v) is 11.8. The van der Waals surface area contributed by atoms with Crippen LogP contribution in [0.5, 0.6) is 0 Å². The van der Waals surface area contributed by atoms with Gasteiger partial charge in [0.05, 0.1) is 5.69 Å². The fourth-order valence-corrected chi connectivity index (χ4v) is 1.24. The van der Waals surface area contributed by atoms with E-state index in [1.807, 2.05) is 0 Å². The predicted octanol–water partition coefficient (Wildman–Crippen LogP) is 2.07. The molecule has 0 saturated carbocycles. The lowest BCUT2D eigenvalue weighted by Crippen LogP contribution is -2.32. The average molecular weight is 279 g/mol. The summed E-state index contributed by atoms with van der Waals surface area (Å²) in [5.41, 5.74) is 5.34. The number of nitrogens with two attached hydrogens (primary N) is 1. The van der Waals surface area contributed by atoms with Crippen molar-refractivity contribution in [3.8, 4) is 11.8 Å². The van der Waals surface area contributed by atoms with Crippen molar-refractivity contribution >= 4 is 11.8 Å². The SMILES string of the molecule is CC(C)(C)OC(=O)NCCC#Cc1cnc(F)c(N)c1. The van der Waals surface area contributed by atoms with Gasteiger partial charge in [-0.25, -0.2) is 9.78 Å². The fourth-order valence-electron chi connectivity index (χ4n) is 1.24. The number of hydrogen-bond acceptors (Lipinski definition) is 4. The van der Waals surface area contributed by atoms with Gasteiger partial charge < -0.3 is 15.8 Å². The van der Waals surface area contributed by atoms with Crippen LogP contribution in [0.2, 0.25) is 0 Å². The molecule has 108 valence electrons. The number of rotatable bonds is 2. The summed E-state index contributed by atoms with van der Waals surface area (Å²) in [6.07, 6.45) is 1.27. The summed E-state index contributed by atoms with van der Waals surface area (Å²) in [6.45, 7) is 5.74. The molecule has 0 aromatic carbocycles. The fraction of sp³-hybridized carbons (Fsp3) is 0.429. The lowest BCUT2D eigenvalue weighted by molar-refractivity contribution is 0.0529. The second kappa shape index (κ2) is 6.75. The third-order valence-electron chi connectivity index (χ3n) is 2.02. The van der Waals surface area contributed by atoms with Crippen LogP contribution in [0.1, 0.15) is 32.8 Å². The van der Waals surface area contributed by atoms with Gasteiger partial charge >= 0.3 is 6.09 Å². The van der Waals surface area contributed by atoms with E-state index in [1.54, 1.807) is 20.8 Å². The Morgan fingerprint density at radius 2 is 2.25 bits per heavy atom. The van der Waals surface area contributed by atoms with Crippen LogP contribution in [0.25, 0.3) is 0 Å². The van der Waals surface area contributed by atoms with E-state index in [4.69, 9.17) is 10.5 Å². The van der Waals surface area contributed by atoms with Gasteiger partial charge in [0, 0.05) is 24.7 Å². The first kappa shape index (κ1) is 15.8. The average Bonchev–Trinajstić information content (AvgIpc) is 2.31. The Labute approximate surface area is 117 Å². The van der Waals surface area contributed by atoms with Crippen LogP contribution in [0.15, 0.2) is 12.3 Å². The number of aromatic nitrogens is 1. The molecule has 0 saturated heterocycles. The van der Waals surface area contributed by atoms with Crippen LogP contribution < -0.4 is 11.1 Å². The van der Waals surface area contributed by atoms with E-state index in [0.717, 1.165) is 0 Å². The molecule has 0 unspecified atom stereocenters. The van der Waals surface area contributed by atoms with E-state index in [1.165, 1.54) is 12.3 Å². The summed E-state index contributed by atoms with van der Waals surface area (Å²) in [5, 5.41) is 2.58. The van der Waals surface area contributed by atoms with E-state index >= 15 is 0 Å². The second-order valence-corrected chi connectivity index (χ2v) is 5.08. The molecule has 1 aromatic heterocycles. The van der Waals surface area contributed by atoms with Crippen LogP contribution in [-0.4, -0.2) is 23.2 Å². The molecule has 0 radical (unpaired) electrons. The lowest BCUT2D eigenvalue weighted by Gasteiger charge is -2.19. The molecule has 20 heavy (non-hydrogen) atoms. The Kier molecular flexibility index (Phi) is 5.32. The number of halogens is 1. The van der Waals surface area contributed by atoms with Crippen molar-refractivity contribution in [2.24, 2.45) is 0 Å². The molecule has 0 aliphatic heterocycles. The quantitative estimate of drug-likeness (QED) is 0.493. The van der Waals surface area contributed by atoms with Gasteiger partial charge in [-0.3, -0.25) is 0 Å². The predicted molar refractivity (Wildman–Crippen MR) is 74.3 cm³/mol. The number of pyridine rings is 1. The molecule has 0 aliphatic carbocycles. The Morgan fingerprint density at radius 1 is 1.55 bits per heavy atom. The van der Waals surface area contributed by atoms with Gasteiger partial charge in [-0.05, 0) is 26.8 Å². The summed E-state index contributed by atoms with van der Waals surface area (Å²) in [7, 11) is 0. The number of nitrogen functional groups attached to an aromatic ring is 1. The molecule has 6 heteroatoms. The topological polar surface area (TPSA) is 77.2 Å². The van der Waals surface area contributed by atoms with Crippen LogP contribution in [0.3, 0.4) is 0 Å². The van der Waals surface area contributed by atoms with Gasteiger partial charge in [-0.1, -0.05) is 11.8 Å². The lowest BCUT2D eigenvalue weighted by atomic mass is 10.2. The number of carbonyl (C=O) groups excluding carboxylic acids is 1. The van der Waals surface area contributed by atoms with E-state index < -0.39 is 17.6 Å². The van der Waals surface area contributed by atoms with Crippen LogP contribution in [-0.2, 0) is 4.74 Å². The van der Waals surface area contributed by atoms with Crippen LogP contribution in [0, 0.1) is 17.8 Å². The summed E-state index contributed by atoms with van der Waals surface area (Å²) >= 11 is 0. The van der Waals surface area contributed by atoms with Gasteiger partial charge in [0.25, 0.3) is 0 Å². The van der Waals surface area contributed by atoms with Crippen molar-refractivity contribution < 1.29 is 13.9 Å². The highest BCUT2D eigenvalue weighted by Crippen LogP contribution is 2.08. The highest BCUT2D eigenvalue weighted by molar-refractivity contribution is 5.67. The first-order valence-electron chi connectivity index (χ1n) is 6.14. The molecule has 0 fully saturated rings. The molecule has 0 aliphatic rings. The van der Waals surface area contributed by atoms with Crippen molar-refractivity contribution in [2.45, 2.75) is 32.8 Å². The molecular weight excluding hydrogens is 261 g/mol. The molecule has 1 amide bonds. The molecule has 5 nitrogen and oxygen atoms in total. The summed E-state index contributed by atoms with van der Waals surface area (Å²) in [5.74, 6) is 4.91. The zero-order chi connectivity index (χ0) is 15.2. The number of alkyl carbamates (subject to hydrolysis) is 1. The first-order valence-corrected chi connectivity index (χ1v) is 6.14. The van der Waals surface area contributed by atoms with Crippen LogP contribution >= 0.6 is 0 Å². The normalized spacial score (nSPS) is 10.4. The number of carbonyl (C=O) groups is 1. The number of nitrogens with one attached hydrogen (secondary N) is 1. The van der Waals surface area contributed by atoms with Crippen LogP contribution in [0.4, 0.5) is 14.9 Å². The van der Waals surface area contributed by atoms with Gasteiger partial charge in [0.1, 0.15) is 5.60 Å². The largest absolute Gasteiger partial charge is 0.444 e. The summed E-state index contributed by atoms with van der Waals surface area (Å²) in [4.78, 5) is 14.8. The smallest absolute Gasteiger partial charge is 0.407 e. The standard InChI is InChI=1S/C14H18FN3O2/c1-14(2,3)20-13(19)17-7-5-4-6-10-8-11(16)12(15)18-9-10/h8-9H,5,7,16H2,1-3H3,(H,17,19). The Bertz CT molecular complexity index is 542. The molecule has 0 spiro atoms. The van der Waals surface area contributed by atoms with Gasteiger partial charge in [-0.2, -0.15) is 4.39 Å². The molecule has 1 heterocycles. The number of amides is 1. The number of nitrogens with zero attached hydrogens (tertiary/aromatic N) is 1. The minimum absolute atomic E-state index is 0.0383. The Hall–Kier alpha value is -2.29. The molecule has 1 rings (SSSR count). The molecule has 0 bridgehead atoms. The highest BCUT2D eigenvalue weighted by Gasteiger charge is 2.15. The van der Waals surface area contributed by atoms with E-state index in [9.17, 15) is 9.18 Å². The molecule has 1 aromatic rings. The maximum Gasteiger partial charge on any atom is 0.407 e. The number of anilines is 1. The number of ether oxygens (including phenoxy) is 1. The van der Waals surface area contributed by atoms with Crippen molar-refractivity contribution in [3.05, 3.63) is 23.8 Å². The van der Waals surface area contributed by atoms with E-state index in [-0.39, 0.29) is 5.69 Å². The van der Waals surface area contributed by atoms with Crippen molar-refractivity contribution in [2.75, 3.05) is 12.3 Å². The van der Waals surface area contributed by atoms with Gasteiger partial charge in [0.2, 0.25) is 5.95 Å².